The maximum atomic E-state index is 5.97. The zero-order valence-corrected chi connectivity index (χ0v) is 12.7. The van der Waals surface area contributed by atoms with Crippen molar-refractivity contribution in [3.63, 3.8) is 0 Å². The third-order valence-corrected chi connectivity index (χ3v) is 3.98. The molecular weight excluding hydrogens is 256 g/mol. The zero-order chi connectivity index (χ0) is 14.0. The number of thiazole rings is 1. The first-order valence-electron chi connectivity index (χ1n) is 6.41. The largest absolute Gasteiger partial charge is 0.486 e. The third-order valence-electron chi connectivity index (χ3n) is 3.04. The Labute approximate surface area is 118 Å². The molecule has 2 N–H and O–H groups in total. The fraction of sp³-hybridized carbons (Fsp3) is 0.400. The topological polar surface area (TPSA) is 48.1 Å². The highest BCUT2D eigenvalue weighted by atomic mass is 32.1. The molecule has 0 amide bonds. The van der Waals surface area contributed by atoms with E-state index < -0.39 is 0 Å². The van der Waals surface area contributed by atoms with Crippen molar-refractivity contribution in [3.05, 3.63) is 39.3 Å². The smallest absolute Gasteiger partial charge is 0.140 e. The molecular formula is C15H20N2OS. The van der Waals surface area contributed by atoms with Gasteiger partial charge in [0.15, 0.2) is 0 Å². The summed E-state index contributed by atoms with van der Waals surface area (Å²) in [4.78, 5) is 4.41. The summed E-state index contributed by atoms with van der Waals surface area (Å²) >= 11 is 1.63. The number of rotatable bonds is 4. The van der Waals surface area contributed by atoms with Gasteiger partial charge in [0, 0.05) is 16.8 Å². The van der Waals surface area contributed by atoms with Gasteiger partial charge in [-0.25, -0.2) is 4.98 Å². The second kappa shape index (κ2) is 5.61. The van der Waals surface area contributed by atoms with Crippen LogP contribution in [0.3, 0.4) is 0 Å². The van der Waals surface area contributed by atoms with Crippen molar-refractivity contribution in [2.24, 2.45) is 0 Å². The highest BCUT2D eigenvalue weighted by Crippen LogP contribution is 2.31. The summed E-state index contributed by atoms with van der Waals surface area (Å²) < 4.78 is 5.93. The number of aromatic nitrogens is 1. The van der Waals surface area contributed by atoms with E-state index in [0.717, 1.165) is 33.3 Å². The van der Waals surface area contributed by atoms with Gasteiger partial charge in [0.25, 0.3) is 0 Å². The second-order valence-electron chi connectivity index (χ2n) is 5.07. The molecule has 4 heteroatoms. The molecule has 0 aliphatic carbocycles. The number of anilines is 1. The first-order chi connectivity index (χ1) is 8.97. The average molecular weight is 276 g/mol. The van der Waals surface area contributed by atoms with Crippen molar-refractivity contribution < 1.29 is 4.74 Å². The Balaban J connectivity index is 2.21. The third kappa shape index (κ3) is 3.26. The Hall–Kier alpha value is -1.55. The lowest BCUT2D eigenvalue weighted by molar-refractivity contribution is 0.301. The minimum Gasteiger partial charge on any atom is -0.486 e. The van der Waals surface area contributed by atoms with Gasteiger partial charge in [-0.3, -0.25) is 0 Å². The van der Waals surface area contributed by atoms with Gasteiger partial charge in [0.05, 0.1) is 0 Å². The van der Waals surface area contributed by atoms with Crippen LogP contribution in [0.5, 0.6) is 5.75 Å². The lowest BCUT2D eigenvalue weighted by atomic mass is 9.99. The van der Waals surface area contributed by atoms with Crippen molar-refractivity contribution in [1.29, 1.82) is 0 Å². The minimum absolute atomic E-state index is 0.385. The molecule has 19 heavy (non-hydrogen) atoms. The Kier molecular flexibility index (Phi) is 4.10. The van der Waals surface area contributed by atoms with Crippen LogP contribution in [-0.2, 0) is 6.61 Å². The maximum Gasteiger partial charge on any atom is 0.140 e. The summed E-state index contributed by atoms with van der Waals surface area (Å²) in [5.74, 6) is 1.30. The summed E-state index contributed by atoms with van der Waals surface area (Å²) in [5, 5.41) is 3.04. The van der Waals surface area contributed by atoms with Gasteiger partial charge in [-0.2, -0.15) is 0 Å². The molecule has 0 aliphatic rings. The maximum absolute atomic E-state index is 5.97. The van der Waals surface area contributed by atoms with Crippen LogP contribution in [0.15, 0.2) is 17.5 Å². The minimum atomic E-state index is 0.385. The SMILES string of the molecule is Cc1csc(COc2cc(C)c(N)cc2C(C)C)n1. The quantitative estimate of drug-likeness (QED) is 0.857. The van der Waals surface area contributed by atoms with Crippen LogP contribution in [0.1, 0.15) is 41.6 Å². The average Bonchev–Trinajstić information content (AvgIpc) is 2.76. The number of aryl methyl sites for hydroxylation is 2. The molecule has 0 saturated heterocycles. The first-order valence-corrected chi connectivity index (χ1v) is 7.29. The summed E-state index contributed by atoms with van der Waals surface area (Å²) in [6.07, 6.45) is 0. The number of hydrogen-bond donors (Lipinski definition) is 1. The molecule has 1 aromatic carbocycles. The molecule has 3 nitrogen and oxygen atoms in total. The zero-order valence-electron chi connectivity index (χ0n) is 11.9. The standard InChI is InChI=1S/C15H20N2OS/c1-9(2)12-6-13(16)10(3)5-14(12)18-7-15-17-11(4)8-19-15/h5-6,8-9H,7,16H2,1-4H3. The van der Waals surface area contributed by atoms with Gasteiger partial charge in [0.1, 0.15) is 17.4 Å². The molecule has 0 fully saturated rings. The molecule has 2 rings (SSSR count). The van der Waals surface area contributed by atoms with E-state index in [1.165, 1.54) is 0 Å². The van der Waals surface area contributed by atoms with Gasteiger partial charge in [-0.1, -0.05) is 13.8 Å². The summed E-state index contributed by atoms with van der Waals surface area (Å²) in [6.45, 7) is 8.79. The molecule has 102 valence electrons. The first kappa shape index (κ1) is 13.9. The molecule has 1 heterocycles. The van der Waals surface area contributed by atoms with E-state index in [2.05, 4.69) is 18.8 Å². The highest BCUT2D eigenvalue weighted by Gasteiger charge is 2.11. The lowest BCUT2D eigenvalue weighted by Crippen LogP contribution is -2.02. The number of benzene rings is 1. The van der Waals surface area contributed by atoms with Crippen LogP contribution in [0, 0.1) is 13.8 Å². The van der Waals surface area contributed by atoms with E-state index in [1.54, 1.807) is 11.3 Å². The van der Waals surface area contributed by atoms with Crippen molar-refractivity contribution in [1.82, 2.24) is 4.98 Å². The van der Waals surface area contributed by atoms with Gasteiger partial charge in [0.2, 0.25) is 0 Å². The van der Waals surface area contributed by atoms with Gasteiger partial charge >= 0.3 is 0 Å². The fourth-order valence-corrected chi connectivity index (χ4v) is 2.58. The Morgan fingerprint density at radius 2 is 2.05 bits per heavy atom. The van der Waals surface area contributed by atoms with Crippen molar-refractivity contribution in [2.45, 2.75) is 40.2 Å². The van der Waals surface area contributed by atoms with Crippen LogP contribution in [0.2, 0.25) is 0 Å². The van der Waals surface area contributed by atoms with E-state index in [9.17, 15) is 0 Å². The predicted molar refractivity (Wildman–Crippen MR) is 80.9 cm³/mol. The number of nitrogens with zero attached hydrogens (tertiary/aromatic N) is 1. The molecule has 2 aromatic rings. The van der Waals surface area contributed by atoms with Gasteiger partial charge in [-0.15, -0.1) is 11.3 Å². The Bertz CT molecular complexity index is 576. The van der Waals surface area contributed by atoms with Crippen LogP contribution in [-0.4, -0.2) is 4.98 Å². The fourth-order valence-electron chi connectivity index (χ4n) is 1.90. The number of nitrogen functional groups attached to an aromatic ring is 1. The predicted octanol–water partition coefficient (Wildman–Crippen LogP) is 4.04. The lowest BCUT2D eigenvalue weighted by Gasteiger charge is -2.15. The van der Waals surface area contributed by atoms with Gasteiger partial charge < -0.3 is 10.5 Å². The highest BCUT2D eigenvalue weighted by molar-refractivity contribution is 7.09. The van der Waals surface area contributed by atoms with Crippen LogP contribution in [0.25, 0.3) is 0 Å². The Morgan fingerprint density at radius 3 is 2.63 bits per heavy atom. The number of hydrogen-bond acceptors (Lipinski definition) is 4. The molecule has 0 aliphatic heterocycles. The van der Waals surface area contributed by atoms with Gasteiger partial charge in [-0.05, 0) is 43.0 Å². The molecule has 0 bridgehead atoms. The molecule has 0 unspecified atom stereocenters. The second-order valence-corrected chi connectivity index (χ2v) is 6.02. The molecule has 0 spiro atoms. The number of nitrogens with two attached hydrogens (primary N) is 1. The van der Waals surface area contributed by atoms with E-state index in [1.807, 2.05) is 31.4 Å². The van der Waals surface area contributed by atoms with E-state index in [0.29, 0.717) is 12.5 Å². The van der Waals surface area contributed by atoms with Crippen molar-refractivity contribution >= 4 is 17.0 Å². The van der Waals surface area contributed by atoms with Crippen LogP contribution in [0.4, 0.5) is 5.69 Å². The summed E-state index contributed by atoms with van der Waals surface area (Å²) in [6, 6.07) is 4.04. The van der Waals surface area contributed by atoms with Crippen molar-refractivity contribution in [2.75, 3.05) is 5.73 Å². The van der Waals surface area contributed by atoms with Crippen LogP contribution < -0.4 is 10.5 Å². The molecule has 0 saturated carbocycles. The number of ether oxygens (including phenoxy) is 1. The van der Waals surface area contributed by atoms with E-state index >= 15 is 0 Å². The van der Waals surface area contributed by atoms with Crippen molar-refractivity contribution in [3.8, 4) is 5.75 Å². The monoisotopic (exact) mass is 276 g/mol. The Morgan fingerprint density at radius 1 is 1.32 bits per heavy atom. The summed E-state index contributed by atoms with van der Waals surface area (Å²) in [5.41, 5.74) is 10.0. The van der Waals surface area contributed by atoms with E-state index in [-0.39, 0.29) is 0 Å². The summed E-state index contributed by atoms with van der Waals surface area (Å²) in [7, 11) is 0. The van der Waals surface area contributed by atoms with Crippen LogP contribution >= 0.6 is 11.3 Å². The molecule has 1 aromatic heterocycles. The molecule has 0 atom stereocenters. The van der Waals surface area contributed by atoms with E-state index in [4.69, 9.17) is 10.5 Å². The normalized spacial score (nSPS) is 11.0. The molecule has 0 radical (unpaired) electrons.